The van der Waals surface area contributed by atoms with Crippen molar-refractivity contribution in [3.8, 4) is 0 Å². The number of rotatable bonds is 2. The fraction of sp³-hybridized carbons (Fsp3) is 0.214. The van der Waals surface area contributed by atoms with Crippen LogP contribution in [0.2, 0.25) is 5.15 Å². The summed E-state index contributed by atoms with van der Waals surface area (Å²) in [7, 11) is 0. The Morgan fingerprint density at radius 3 is 2.53 bits per heavy atom. The van der Waals surface area contributed by atoms with Crippen LogP contribution in [0.15, 0.2) is 42.5 Å². The highest BCUT2D eigenvalue weighted by Crippen LogP contribution is 2.52. The summed E-state index contributed by atoms with van der Waals surface area (Å²) < 4.78 is 1.77. The van der Waals surface area contributed by atoms with Gasteiger partial charge in [-0.25, -0.2) is 0 Å². The van der Waals surface area contributed by atoms with Crippen molar-refractivity contribution in [2.45, 2.75) is 18.3 Å². The van der Waals surface area contributed by atoms with Crippen LogP contribution in [0.3, 0.4) is 0 Å². The molecule has 0 amide bonds. The lowest BCUT2D eigenvalue weighted by molar-refractivity contribution is 0.704. The lowest BCUT2D eigenvalue weighted by Crippen LogP contribution is -2.14. The largest absolute Gasteiger partial charge is 0.195 e. The van der Waals surface area contributed by atoms with Gasteiger partial charge < -0.3 is 0 Å². The fourth-order valence-corrected chi connectivity index (χ4v) is 2.73. The summed E-state index contributed by atoms with van der Waals surface area (Å²) in [6.07, 6.45) is 2.15. The molecule has 3 aromatic rings. The van der Waals surface area contributed by atoms with E-state index in [1.165, 1.54) is 5.56 Å². The molecule has 0 radical (unpaired) electrons. The molecule has 0 bridgehead atoms. The van der Waals surface area contributed by atoms with Gasteiger partial charge in [0.1, 0.15) is 5.15 Å². The van der Waals surface area contributed by atoms with Crippen LogP contribution >= 0.6 is 11.6 Å². The highest BCUT2D eigenvalue weighted by atomic mass is 35.5. The van der Waals surface area contributed by atoms with Crippen LogP contribution < -0.4 is 0 Å². The van der Waals surface area contributed by atoms with Crippen molar-refractivity contribution in [1.29, 1.82) is 0 Å². The third-order valence-corrected chi connectivity index (χ3v) is 3.94. The Morgan fingerprint density at radius 1 is 1.00 bits per heavy atom. The minimum absolute atomic E-state index is 0.0433. The van der Waals surface area contributed by atoms with E-state index < -0.39 is 0 Å². The number of nitrogens with zero attached hydrogens (tertiary/aromatic N) is 4. The molecule has 4 rings (SSSR count). The first-order valence-electron chi connectivity index (χ1n) is 6.24. The van der Waals surface area contributed by atoms with Gasteiger partial charge in [0, 0.05) is 0 Å². The maximum Gasteiger partial charge on any atom is 0.178 e. The van der Waals surface area contributed by atoms with E-state index in [-0.39, 0.29) is 5.41 Å². The van der Waals surface area contributed by atoms with Crippen molar-refractivity contribution in [3.63, 3.8) is 0 Å². The standard InChI is InChI=1S/C14H11ClN4/c15-11-6-7-12-16-17-13(19(12)18-11)14(8-9-14)10-4-2-1-3-5-10/h1-7H,8-9H2. The predicted molar refractivity (Wildman–Crippen MR) is 72.2 cm³/mol. The van der Waals surface area contributed by atoms with Gasteiger partial charge >= 0.3 is 0 Å². The number of hydrogen-bond acceptors (Lipinski definition) is 3. The molecule has 1 saturated carbocycles. The van der Waals surface area contributed by atoms with Gasteiger partial charge in [-0.1, -0.05) is 41.9 Å². The molecule has 94 valence electrons. The average molecular weight is 271 g/mol. The summed E-state index contributed by atoms with van der Waals surface area (Å²) in [5.74, 6) is 0.885. The number of fused-ring (bicyclic) bond motifs is 1. The van der Waals surface area contributed by atoms with Gasteiger partial charge in [0.15, 0.2) is 11.5 Å². The highest BCUT2D eigenvalue weighted by molar-refractivity contribution is 6.29. The quantitative estimate of drug-likeness (QED) is 0.719. The van der Waals surface area contributed by atoms with Crippen molar-refractivity contribution >= 4 is 17.2 Å². The predicted octanol–water partition coefficient (Wildman–Crippen LogP) is 2.86. The molecule has 1 aromatic carbocycles. The average Bonchev–Trinajstić information content (AvgIpc) is 3.15. The molecule has 1 aliphatic carbocycles. The molecule has 2 heterocycles. The second kappa shape index (κ2) is 3.78. The maximum atomic E-state index is 5.98. The van der Waals surface area contributed by atoms with Gasteiger partial charge in [-0.2, -0.15) is 9.61 Å². The third-order valence-electron chi connectivity index (χ3n) is 3.73. The van der Waals surface area contributed by atoms with E-state index in [9.17, 15) is 0 Å². The minimum atomic E-state index is -0.0433. The smallest absolute Gasteiger partial charge is 0.178 e. The molecule has 0 saturated heterocycles. The summed E-state index contributed by atoms with van der Waals surface area (Å²) in [5, 5.41) is 13.3. The first-order chi connectivity index (χ1) is 9.29. The Hall–Kier alpha value is -1.94. The van der Waals surface area contributed by atoms with Gasteiger partial charge in [-0.05, 0) is 30.5 Å². The molecule has 0 N–H and O–H groups in total. The Kier molecular flexibility index (Phi) is 2.17. The number of benzene rings is 1. The fourth-order valence-electron chi connectivity index (χ4n) is 2.59. The Morgan fingerprint density at radius 2 is 1.79 bits per heavy atom. The Labute approximate surface area is 115 Å². The molecule has 4 nitrogen and oxygen atoms in total. The van der Waals surface area contributed by atoms with Crippen LogP contribution in [-0.2, 0) is 5.41 Å². The number of aromatic nitrogens is 4. The molecule has 0 atom stereocenters. The molecule has 0 unspecified atom stereocenters. The normalized spacial score (nSPS) is 16.7. The van der Waals surface area contributed by atoms with E-state index in [0.717, 1.165) is 24.3 Å². The highest BCUT2D eigenvalue weighted by Gasteiger charge is 2.50. The monoisotopic (exact) mass is 270 g/mol. The van der Waals surface area contributed by atoms with Crippen LogP contribution in [0.25, 0.3) is 5.65 Å². The van der Waals surface area contributed by atoms with E-state index in [1.54, 1.807) is 10.6 Å². The number of hydrogen-bond donors (Lipinski definition) is 0. The Balaban J connectivity index is 1.93. The summed E-state index contributed by atoms with van der Waals surface area (Å²) in [6, 6.07) is 14.0. The molecule has 0 spiro atoms. The molecule has 5 heteroatoms. The molecule has 1 aliphatic rings. The second-order valence-corrected chi connectivity index (χ2v) is 5.29. The van der Waals surface area contributed by atoms with Crippen LogP contribution in [-0.4, -0.2) is 19.8 Å². The molecular formula is C14H11ClN4. The minimum Gasteiger partial charge on any atom is -0.195 e. The zero-order valence-electron chi connectivity index (χ0n) is 10.1. The summed E-state index contributed by atoms with van der Waals surface area (Å²) >= 11 is 5.98. The molecular weight excluding hydrogens is 260 g/mol. The third kappa shape index (κ3) is 1.56. The van der Waals surface area contributed by atoms with Gasteiger partial charge in [-0.15, -0.1) is 10.2 Å². The van der Waals surface area contributed by atoms with Gasteiger partial charge in [0.25, 0.3) is 0 Å². The van der Waals surface area contributed by atoms with E-state index in [2.05, 4.69) is 39.6 Å². The van der Waals surface area contributed by atoms with E-state index in [0.29, 0.717) is 5.15 Å². The summed E-state index contributed by atoms with van der Waals surface area (Å²) in [5.41, 5.74) is 1.96. The van der Waals surface area contributed by atoms with Crippen LogP contribution in [0, 0.1) is 0 Å². The van der Waals surface area contributed by atoms with Crippen molar-refractivity contribution in [1.82, 2.24) is 19.8 Å². The second-order valence-electron chi connectivity index (χ2n) is 4.90. The number of halogens is 1. The van der Waals surface area contributed by atoms with E-state index in [1.807, 2.05) is 12.1 Å². The van der Waals surface area contributed by atoms with Crippen molar-refractivity contribution < 1.29 is 0 Å². The van der Waals surface area contributed by atoms with Gasteiger partial charge in [0.2, 0.25) is 0 Å². The van der Waals surface area contributed by atoms with Crippen molar-refractivity contribution in [2.24, 2.45) is 0 Å². The first-order valence-corrected chi connectivity index (χ1v) is 6.61. The maximum absolute atomic E-state index is 5.98. The van der Waals surface area contributed by atoms with Crippen molar-refractivity contribution in [2.75, 3.05) is 0 Å². The first kappa shape index (κ1) is 10.9. The SMILES string of the molecule is Clc1ccc2nnc(C3(c4ccccc4)CC3)n2n1. The zero-order valence-corrected chi connectivity index (χ0v) is 10.9. The topological polar surface area (TPSA) is 43.1 Å². The lowest BCUT2D eigenvalue weighted by atomic mass is 9.95. The molecule has 2 aromatic heterocycles. The van der Waals surface area contributed by atoms with E-state index in [4.69, 9.17) is 11.6 Å². The summed E-state index contributed by atoms with van der Waals surface area (Å²) in [4.78, 5) is 0. The van der Waals surface area contributed by atoms with Crippen LogP contribution in [0.5, 0.6) is 0 Å². The van der Waals surface area contributed by atoms with Gasteiger partial charge in [0.05, 0.1) is 5.41 Å². The molecule has 0 aliphatic heterocycles. The molecule has 1 fully saturated rings. The summed E-state index contributed by atoms with van der Waals surface area (Å²) in [6.45, 7) is 0. The van der Waals surface area contributed by atoms with Crippen LogP contribution in [0.1, 0.15) is 24.2 Å². The van der Waals surface area contributed by atoms with Crippen molar-refractivity contribution in [3.05, 3.63) is 59.0 Å². The Bertz CT molecular complexity index is 746. The lowest BCUT2D eigenvalue weighted by Gasteiger charge is -2.12. The zero-order chi connectivity index (χ0) is 12.9. The van der Waals surface area contributed by atoms with Crippen LogP contribution in [0.4, 0.5) is 0 Å². The van der Waals surface area contributed by atoms with E-state index >= 15 is 0 Å². The van der Waals surface area contributed by atoms with Gasteiger partial charge in [-0.3, -0.25) is 0 Å². The molecule has 19 heavy (non-hydrogen) atoms.